The molecule has 1 saturated carbocycles. The Balaban J connectivity index is 1.93. The molecular formula is C8H13N3S. The Labute approximate surface area is 76.1 Å². The number of nitrogen functional groups attached to an aromatic ring is 1. The number of rotatable bonds is 3. The maximum absolute atomic E-state index is 5.51. The summed E-state index contributed by atoms with van der Waals surface area (Å²) in [5.41, 5.74) is 5.51. The van der Waals surface area contributed by atoms with Gasteiger partial charge in [-0.2, -0.15) is 4.37 Å². The van der Waals surface area contributed by atoms with Crippen LogP contribution in [0, 0.1) is 5.92 Å². The van der Waals surface area contributed by atoms with Crippen LogP contribution in [0.2, 0.25) is 0 Å². The normalized spacial score (nSPS) is 19.1. The van der Waals surface area contributed by atoms with Crippen molar-refractivity contribution in [2.45, 2.75) is 25.8 Å². The highest BCUT2D eigenvalue weighted by Gasteiger charge is 2.27. The second-order valence-electron chi connectivity index (χ2n) is 3.39. The Bertz CT molecular complexity index is 267. The van der Waals surface area contributed by atoms with Crippen molar-refractivity contribution >= 4 is 22.4 Å². The molecule has 1 aromatic heterocycles. The summed E-state index contributed by atoms with van der Waals surface area (Å²) in [4.78, 5) is 0. The smallest absolute Gasteiger partial charge is 0.139 e. The molecule has 4 heteroatoms. The number of nitrogens with one attached hydrogen (secondary N) is 1. The molecule has 66 valence electrons. The van der Waals surface area contributed by atoms with Crippen LogP contribution in [-0.2, 0) is 0 Å². The van der Waals surface area contributed by atoms with Crippen LogP contribution in [-0.4, -0.2) is 10.4 Å². The van der Waals surface area contributed by atoms with E-state index in [1.165, 1.54) is 24.4 Å². The molecule has 1 aromatic rings. The Morgan fingerprint density at radius 3 is 3.00 bits per heavy atom. The van der Waals surface area contributed by atoms with Crippen molar-refractivity contribution in [1.29, 1.82) is 0 Å². The van der Waals surface area contributed by atoms with Gasteiger partial charge in [0.1, 0.15) is 10.8 Å². The average Bonchev–Trinajstić information content (AvgIpc) is 2.78. The first-order chi connectivity index (χ1) is 5.75. The summed E-state index contributed by atoms with van der Waals surface area (Å²) in [7, 11) is 0. The van der Waals surface area contributed by atoms with E-state index in [1.807, 2.05) is 6.07 Å². The quantitative estimate of drug-likeness (QED) is 0.753. The molecule has 3 N–H and O–H groups in total. The summed E-state index contributed by atoms with van der Waals surface area (Å²) < 4.78 is 4.01. The van der Waals surface area contributed by atoms with E-state index in [0.29, 0.717) is 11.9 Å². The lowest BCUT2D eigenvalue weighted by Gasteiger charge is -2.10. The van der Waals surface area contributed by atoms with E-state index in [1.54, 1.807) is 0 Å². The van der Waals surface area contributed by atoms with Gasteiger partial charge in [0.15, 0.2) is 0 Å². The van der Waals surface area contributed by atoms with E-state index in [-0.39, 0.29) is 0 Å². The third-order valence-corrected chi connectivity index (χ3v) is 2.96. The number of nitrogens with zero attached hydrogens (tertiary/aromatic N) is 1. The molecule has 0 aliphatic heterocycles. The van der Waals surface area contributed by atoms with Crippen molar-refractivity contribution < 1.29 is 0 Å². The van der Waals surface area contributed by atoms with E-state index < -0.39 is 0 Å². The number of hydrogen-bond acceptors (Lipinski definition) is 4. The highest BCUT2D eigenvalue weighted by atomic mass is 32.1. The molecule has 12 heavy (non-hydrogen) atoms. The van der Waals surface area contributed by atoms with Crippen molar-refractivity contribution in [3.05, 3.63) is 6.07 Å². The van der Waals surface area contributed by atoms with Gasteiger partial charge in [-0.25, -0.2) is 0 Å². The van der Waals surface area contributed by atoms with E-state index in [4.69, 9.17) is 5.73 Å². The van der Waals surface area contributed by atoms with Gasteiger partial charge in [0.25, 0.3) is 0 Å². The summed E-state index contributed by atoms with van der Waals surface area (Å²) in [6.45, 7) is 2.22. The van der Waals surface area contributed by atoms with Crippen LogP contribution in [0.4, 0.5) is 10.8 Å². The molecule has 0 aromatic carbocycles. The molecular weight excluding hydrogens is 170 g/mol. The van der Waals surface area contributed by atoms with Crippen LogP contribution >= 0.6 is 11.5 Å². The number of anilines is 2. The Kier molecular flexibility index (Phi) is 1.92. The fourth-order valence-electron chi connectivity index (χ4n) is 1.30. The maximum atomic E-state index is 5.51. The molecule has 1 fully saturated rings. The second-order valence-corrected chi connectivity index (χ2v) is 4.19. The van der Waals surface area contributed by atoms with Gasteiger partial charge in [-0.1, -0.05) is 0 Å². The highest BCUT2D eigenvalue weighted by molar-refractivity contribution is 7.10. The first-order valence-electron chi connectivity index (χ1n) is 4.24. The molecule has 1 aliphatic carbocycles. The lowest BCUT2D eigenvalue weighted by Crippen LogP contribution is -2.16. The third-order valence-electron chi connectivity index (χ3n) is 2.23. The zero-order chi connectivity index (χ0) is 8.55. The minimum absolute atomic E-state index is 0.574. The molecule has 1 unspecified atom stereocenters. The standard InChI is InChI=1S/C8H13N3S/c1-5(6-2-3-6)10-8-4-7(9)11-12-8/h4-6,10H,2-3H2,1H3,(H2,9,11). The molecule has 0 amide bonds. The van der Waals surface area contributed by atoms with Gasteiger partial charge in [-0.05, 0) is 37.2 Å². The van der Waals surface area contributed by atoms with Gasteiger partial charge in [0, 0.05) is 12.1 Å². The Morgan fingerprint density at radius 2 is 2.50 bits per heavy atom. The predicted octanol–water partition coefficient (Wildman–Crippen LogP) is 1.94. The molecule has 3 nitrogen and oxygen atoms in total. The molecule has 2 rings (SSSR count). The molecule has 0 saturated heterocycles. The van der Waals surface area contributed by atoms with Gasteiger partial charge < -0.3 is 11.1 Å². The molecule has 0 spiro atoms. The summed E-state index contributed by atoms with van der Waals surface area (Å²) >= 11 is 1.44. The SMILES string of the molecule is CC(Nc1cc(N)ns1)C1CC1. The van der Waals surface area contributed by atoms with Crippen LogP contribution in [0.25, 0.3) is 0 Å². The summed E-state index contributed by atoms with van der Waals surface area (Å²) in [6.07, 6.45) is 2.73. The van der Waals surface area contributed by atoms with Gasteiger partial charge >= 0.3 is 0 Å². The number of hydrogen-bond donors (Lipinski definition) is 2. The largest absolute Gasteiger partial charge is 0.383 e. The molecule has 1 heterocycles. The van der Waals surface area contributed by atoms with Crippen LogP contribution in [0.1, 0.15) is 19.8 Å². The lowest BCUT2D eigenvalue weighted by molar-refractivity contribution is 0.696. The van der Waals surface area contributed by atoms with E-state index in [0.717, 1.165) is 10.9 Å². The monoisotopic (exact) mass is 183 g/mol. The van der Waals surface area contributed by atoms with Crippen molar-refractivity contribution in [2.75, 3.05) is 11.1 Å². The minimum atomic E-state index is 0.574. The number of nitrogens with two attached hydrogens (primary N) is 1. The molecule has 1 atom stereocenters. The minimum Gasteiger partial charge on any atom is -0.383 e. The first kappa shape index (κ1) is 7.86. The zero-order valence-corrected chi connectivity index (χ0v) is 7.90. The summed E-state index contributed by atoms with van der Waals surface area (Å²) in [5.74, 6) is 1.49. The van der Waals surface area contributed by atoms with Crippen molar-refractivity contribution in [2.24, 2.45) is 5.92 Å². The lowest BCUT2D eigenvalue weighted by atomic mass is 10.2. The number of aromatic nitrogens is 1. The molecule has 1 aliphatic rings. The van der Waals surface area contributed by atoms with Crippen LogP contribution in [0.3, 0.4) is 0 Å². The Morgan fingerprint density at radius 1 is 1.75 bits per heavy atom. The molecule has 0 radical (unpaired) electrons. The van der Waals surface area contributed by atoms with Crippen LogP contribution < -0.4 is 11.1 Å². The van der Waals surface area contributed by atoms with Crippen molar-refractivity contribution in [3.63, 3.8) is 0 Å². The van der Waals surface area contributed by atoms with Gasteiger partial charge in [-0.3, -0.25) is 0 Å². The van der Waals surface area contributed by atoms with E-state index in [9.17, 15) is 0 Å². The topological polar surface area (TPSA) is 50.9 Å². The average molecular weight is 183 g/mol. The Hall–Kier alpha value is -0.770. The molecule has 0 bridgehead atoms. The van der Waals surface area contributed by atoms with Crippen LogP contribution in [0.15, 0.2) is 6.07 Å². The van der Waals surface area contributed by atoms with Gasteiger partial charge in [0.2, 0.25) is 0 Å². The second kappa shape index (κ2) is 2.94. The third kappa shape index (κ3) is 1.69. The summed E-state index contributed by atoms with van der Waals surface area (Å²) in [5, 5.41) is 4.49. The van der Waals surface area contributed by atoms with Gasteiger partial charge in [0.05, 0.1) is 0 Å². The fourth-order valence-corrected chi connectivity index (χ4v) is 1.96. The first-order valence-corrected chi connectivity index (χ1v) is 5.02. The zero-order valence-electron chi connectivity index (χ0n) is 7.08. The van der Waals surface area contributed by atoms with Crippen LogP contribution in [0.5, 0.6) is 0 Å². The van der Waals surface area contributed by atoms with E-state index in [2.05, 4.69) is 16.6 Å². The van der Waals surface area contributed by atoms with Gasteiger partial charge in [-0.15, -0.1) is 0 Å². The highest BCUT2D eigenvalue weighted by Crippen LogP contribution is 2.34. The van der Waals surface area contributed by atoms with E-state index >= 15 is 0 Å². The fraction of sp³-hybridized carbons (Fsp3) is 0.625. The predicted molar refractivity (Wildman–Crippen MR) is 52.3 cm³/mol. The van der Waals surface area contributed by atoms with Crippen molar-refractivity contribution in [3.8, 4) is 0 Å². The maximum Gasteiger partial charge on any atom is 0.139 e. The van der Waals surface area contributed by atoms with Crippen molar-refractivity contribution in [1.82, 2.24) is 4.37 Å². The summed E-state index contributed by atoms with van der Waals surface area (Å²) in [6, 6.07) is 2.47.